The van der Waals surface area contributed by atoms with Gasteiger partial charge in [0.25, 0.3) is 0 Å². The Morgan fingerprint density at radius 1 is 1.00 bits per heavy atom. The first kappa shape index (κ1) is 23.1. The molecule has 0 radical (unpaired) electrons. The molecule has 2 heterocycles. The van der Waals surface area contributed by atoms with Gasteiger partial charge < -0.3 is 9.47 Å². The largest absolute Gasteiger partial charge is 0.493 e. The lowest BCUT2D eigenvalue weighted by molar-refractivity contribution is 0.353. The number of hydrogen-bond acceptors (Lipinski definition) is 8. The Hall–Kier alpha value is -3.02. The van der Waals surface area contributed by atoms with Crippen molar-refractivity contribution < 1.29 is 17.9 Å². The summed E-state index contributed by atoms with van der Waals surface area (Å²) in [6, 6.07) is 9.33. The molecule has 11 heteroatoms. The van der Waals surface area contributed by atoms with Crippen LogP contribution in [0.1, 0.15) is 22.5 Å². The topological polar surface area (TPSA) is 98.9 Å². The third-order valence-corrected chi connectivity index (χ3v) is 8.33. The maximum atomic E-state index is 13.0. The molecule has 0 N–H and O–H groups in total. The smallest absolute Gasteiger partial charge is 0.242 e. The SMILES string of the molecule is COc1cc(Cc2nnc3sc(-c4ccc(C)c(C)c4)nn23)c(S(=O)(=O)N(C)C)cc1OC. The van der Waals surface area contributed by atoms with Gasteiger partial charge in [-0.1, -0.05) is 23.5 Å². The van der Waals surface area contributed by atoms with Gasteiger partial charge in [0, 0.05) is 32.1 Å². The molecule has 0 aliphatic carbocycles. The molecular formula is C22H25N5O4S2. The van der Waals surface area contributed by atoms with E-state index in [9.17, 15) is 8.42 Å². The molecule has 2 aromatic carbocycles. The molecule has 0 aliphatic heterocycles. The molecule has 174 valence electrons. The molecule has 0 bridgehead atoms. The summed E-state index contributed by atoms with van der Waals surface area (Å²) in [5.41, 5.74) is 3.91. The van der Waals surface area contributed by atoms with Crippen molar-refractivity contribution in [3.8, 4) is 22.1 Å². The number of hydrogen-bond donors (Lipinski definition) is 0. The van der Waals surface area contributed by atoms with E-state index in [-0.39, 0.29) is 11.3 Å². The summed E-state index contributed by atoms with van der Waals surface area (Å²) in [5.74, 6) is 1.29. The Morgan fingerprint density at radius 3 is 2.33 bits per heavy atom. The van der Waals surface area contributed by atoms with E-state index in [1.54, 1.807) is 10.6 Å². The standard InChI is InChI=1S/C22H25N5O4S2/c1-13-7-8-15(9-14(13)2)21-25-27-20(23-24-22(27)32-21)11-16-10-17(30-5)18(31-6)12-19(16)33(28,29)26(3)4/h7-10,12H,11H2,1-6H3. The molecule has 2 aromatic heterocycles. The number of ether oxygens (including phenoxy) is 2. The van der Waals surface area contributed by atoms with E-state index in [4.69, 9.17) is 14.6 Å². The van der Waals surface area contributed by atoms with Crippen molar-refractivity contribution in [3.05, 3.63) is 52.8 Å². The number of fused-ring (bicyclic) bond motifs is 1. The average Bonchev–Trinajstić information content (AvgIpc) is 3.37. The molecule has 0 atom stereocenters. The van der Waals surface area contributed by atoms with Crippen LogP contribution in [0.5, 0.6) is 11.5 Å². The van der Waals surface area contributed by atoms with Gasteiger partial charge in [0.2, 0.25) is 15.0 Å². The Bertz CT molecular complexity index is 1440. The third kappa shape index (κ3) is 4.19. The Kier molecular flexibility index (Phi) is 6.12. The number of aryl methyl sites for hydroxylation is 2. The van der Waals surface area contributed by atoms with Gasteiger partial charge in [-0.2, -0.15) is 9.61 Å². The minimum absolute atomic E-state index is 0.117. The molecule has 33 heavy (non-hydrogen) atoms. The van der Waals surface area contributed by atoms with E-state index >= 15 is 0 Å². The predicted molar refractivity (Wildman–Crippen MR) is 127 cm³/mol. The van der Waals surface area contributed by atoms with Crippen LogP contribution in [0.4, 0.5) is 0 Å². The summed E-state index contributed by atoms with van der Waals surface area (Å²) in [5, 5.41) is 14.0. The van der Waals surface area contributed by atoms with Crippen LogP contribution in [0, 0.1) is 13.8 Å². The summed E-state index contributed by atoms with van der Waals surface area (Å²) in [4.78, 5) is 0.752. The average molecular weight is 488 g/mol. The highest BCUT2D eigenvalue weighted by Crippen LogP contribution is 2.35. The zero-order valence-corrected chi connectivity index (χ0v) is 20.9. The lowest BCUT2D eigenvalue weighted by atomic mass is 10.1. The van der Waals surface area contributed by atoms with E-state index < -0.39 is 10.0 Å². The number of rotatable bonds is 7. The zero-order chi connectivity index (χ0) is 23.9. The van der Waals surface area contributed by atoms with Gasteiger partial charge in [0.05, 0.1) is 19.1 Å². The summed E-state index contributed by atoms with van der Waals surface area (Å²) < 4.78 is 39.6. The fourth-order valence-corrected chi connectivity index (χ4v) is 5.37. The van der Waals surface area contributed by atoms with Crippen LogP contribution < -0.4 is 9.47 Å². The maximum Gasteiger partial charge on any atom is 0.242 e. The lowest BCUT2D eigenvalue weighted by Crippen LogP contribution is -2.23. The van der Waals surface area contributed by atoms with Crippen LogP contribution >= 0.6 is 11.3 Å². The normalized spacial score (nSPS) is 12.0. The van der Waals surface area contributed by atoms with Crippen molar-refractivity contribution in [3.63, 3.8) is 0 Å². The molecule has 0 fully saturated rings. The summed E-state index contributed by atoms with van der Waals surface area (Å²) >= 11 is 1.43. The molecule has 0 spiro atoms. The van der Waals surface area contributed by atoms with Crippen molar-refractivity contribution in [1.29, 1.82) is 0 Å². The molecule has 0 saturated carbocycles. The molecule has 0 unspecified atom stereocenters. The van der Waals surface area contributed by atoms with E-state index in [0.717, 1.165) is 14.9 Å². The van der Waals surface area contributed by atoms with Crippen LogP contribution in [0.25, 0.3) is 15.5 Å². The zero-order valence-electron chi connectivity index (χ0n) is 19.3. The third-order valence-electron chi connectivity index (χ3n) is 5.48. The molecular weight excluding hydrogens is 462 g/mol. The maximum absolute atomic E-state index is 13.0. The number of aromatic nitrogens is 4. The van der Waals surface area contributed by atoms with Crippen molar-refractivity contribution >= 4 is 26.3 Å². The van der Waals surface area contributed by atoms with Crippen LogP contribution in [-0.4, -0.2) is 60.8 Å². The highest BCUT2D eigenvalue weighted by molar-refractivity contribution is 7.89. The summed E-state index contributed by atoms with van der Waals surface area (Å²) in [6.45, 7) is 4.13. The molecule has 9 nitrogen and oxygen atoms in total. The highest BCUT2D eigenvalue weighted by atomic mass is 32.2. The molecule has 4 rings (SSSR count). The quantitative estimate of drug-likeness (QED) is 0.394. The number of benzene rings is 2. The molecule has 0 amide bonds. The number of sulfonamides is 1. The van der Waals surface area contributed by atoms with E-state index in [2.05, 4.69) is 36.2 Å². The minimum Gasteiger partial charge on any atom is -0.493 e. The van der Waals surface area contributed by atoms with Crippen molar-refractivity contribution in [2.45, 2.75) is 25.2 Å². The van der Waals surface area contributed by atoms with Crippen molar-refractivity contribution in [1.82, 2.24) is 24.1 Å². The fraction of sp³-hybridized carbons (Fsp3) is 0.318. The van der Waals surface area contributed by atoms with Gasteiger partial charge in [-0.05, 0) is 42.7 Å². The van der Waals surface area contributed by atoms with Crippen molar-refractivity contribution in [2.75, 3.05) is 28.3 Å². The monoisotopic (exact) mass is 487 g/mol. The van der Waals surface area contributed by atoms with Crippen LogP contribution in [-0.2, 0) is 16.4 Å². The summed E-state index contributed by atoms with van der Waals surface area (Å²) in [7, 11) is 2.20. The van der Waals surface area contributed by atoms with Crippen LogP contribution in [0.15, 0.2) is 35.2 Å². The first-order valence-corrected chi connectivity index (χ1v) is 12.4. The van der Waals surface area contributed by atoms with Crippen molar-refractivity contribution in [2.24, 2.45) is 0 Å². The first-order chi connectivity index (χ1) is 15.6. The summed E-state index contributed by atoms with van der Waals surface area (Å²) in [6.07, 6.45) is 0.194. The Morgan fingerprint density at radius 2 is 1.70 bits per heavy atom. The van der Waals surface area contributed by atoms with Crippen LogP contribution in [0.2, 0.25) is 0 Å². The second kappa shape index (κ2) is 8.73. The Balaban J connectivity index is 1.81. The fourth-order valence-electron chi connectivity index (χ4n) is 3.41. The first-order valence-electron chi connectivity index (χ1n) is 10.1. The molecule has 0 aliphatic rings. The number of methoxy groups -OCH3 is 2. The minimum atomic E-state index is -3.75. The van der Waals surface area contributed by atoms with E-state index in [0.29, 0.717) is 27.8 Å². The Labute approximate surface area is 196 Å². The van der Waals surface area contributed by atoms with E-state index in [1.807, 2.05) is 6.07 Å². The lowest BCUT2D eigenvalue weighted by Gasteiger charge is -2.17. The highest BCUT2D eigenvalue weighted by Gasteiger charge is 2.26. The van der Waals surface area contributed by atoms with E-state index in [1.165, 1.54) is 56.8 Å². The van der Waals surface area contributed by atoms with Crippen LogP contribution in [0.3, 0.4) is 0 Å². The molecule has 0 saturated heterocycles. The second-order valence-corrected chi connectivity index (χ2v) is 10.9. The second-order valence-electron chi connectivity index (χ2n) is 7.80. The van der Waals surface area contributed by atoms with Gasteiger partial charge in [-0.3, -0.25) is 0 Å². The van der Waals surface area contributed by atoms with Gasteiger partial charge in [0.1, 0.15) is 5.01 Å². The molecule has 4 aromatic rings. The van der Waals surface area contributed by atoms with Gasteiger partial charge in [-0.25, -0.2) is 12.7 Å². The number of nitrogens with zero attached hydrogens (tertiary/aromatic N) is 5. The van der Waals surface area contributed by atoms with Gasteiger partial charge in [0.15, 0.2) is 17.3 Å². The predicted octanol–water partition coefficient (Wildman–Crippen LogP) is 3.33. The van der Waals surface area contributed by atoms with Gasteiger partial charge in [-0.15, -0.1) is 10.2 Å². The van der Waals surface area contributed by atoms with Gasteiger partial charge >= 0.3 is 0 Å².